The van der Waals surface area contributed by atoms with Gasteiger partial charge >= 0.3 is 0 Å². The average Bonchev–Trinajstić information content (AvgIpc) is 3.06. The first-order chi connectivity index (χ1) is 9.56. The van der Waals surface area contributed by atoms with Gasteiger partial charge in [0.05, 0.1) is 4.47 Å². The van der Waals surface area contributed by atoms with E-state index in [1.54, 1.807) is 15.9 Å². The number of nitrogens with one attached hydrogen (secondary N) is 1. The van der Waals surface area contributed by atoms with Crippen LogP contribution in [0.15, 0.2) is 40.3 Å². The molecule has 20 heavy (non-hydrogen) atoms. The van der Waals surface area contributed by atoms with Crippen molar-refractivity contribution in [1.29, 1.82) is 0 Å². The highest BCUT2D eigenvalue weighted by Crippen LogP contribution is 2.27. The molecule has 1 N–H and O–H groups in total. The molecule has 4 nitrogen and oxygen atoms in total. The van der Waals surface area contributed by atoms with Crippen molar-refractivity contribution in [3.8, 4) is 0 Å². The van der Waals surface area contributed by atoms with Crippen LogP contribution in [0.2, 0.25) is 0 Å². The molecule has 0 aliphatic heterocycles. The quantitative estimate of drug-likeness (QED) is 0.774. The average molecular weight is 351 g/mol. The van der Waals surface area contributed by atoms with Crippen molar-refractivity contribution in [3.63, 3.8) is 0 Å². The molecule has 0 saturated heterocycles. The Bertz CT molecular complexity index is 718. The molecule has 3 aromatic rings. The second-order valence-corrected chi connectivity index (χ2v) is 7.08. The molecule has 0 aliphatic rings. The van der Waals surface area contributed by atoms with E-state index in [0.717, 1.165) is 16.7 Å². The molecule has 0 bridgehead atoms. The van der Waals surface area contributed by atoms with Crippen molar-refractivity contribution in [2.75, 3.05) is 11.9 Å². The molecule has 3 aromatic heterocycles. The van der Waals surface area contributed by atoms with Crippen LogP contribution in [0.4, 0.5) is 5.95 Å². The molecule has 6 heteroatoms. The lowest BCUT2D eigenvalue weighted by Crippen LogP contribution is -2.26. The van der Waals surface area contributed by atoms with E-state index >= 15 is 0 Å². The summed E-state index contributed by atoms with van der Waals surface area (Å²) >= 11 is 5.26. The van der Waals surface area contributed by atoms with E-state index in [1.165, 1.54) is 4.88 Å². The van der Waals surface area contributed by atoms with Crippen molar-refractivity contribution in [2.24, 2.45) is 0 Å². The molecule has 0 fully saturated rings. The summed E-state index contributed by atoms with van der Waals surface area (Å²) in [7, 11) is 0. The van der Waals surface area contributed by atoms with Crippen molar-refractivity contribution >= 4 is 38.9 Å². The summed E-state index contributed by atoms with van der Waals surface area (Å²) in [6, 6.07) is 8.15. The van der Waals surface area contributed by atoms with E-state index in [1.807, 2.05) is 18.3 Å². The van der Waals surface area contributed by atoms with Crippen LogP contribution in [0.1, 0.15) is 18.7 Å². The van der Waals surface area contributed by atoms with Crippen LogP contribution in [0.5, 0.6) is 0 Å². The lowest BCUT2D eigenvalue weighted by molar-refractivity contribution is 0.567. The molecule has 0 atom stereocenters. The molecular formula is C14H15BrN4S. The summed E-state index contributed by atoms with van der Waals surface area (Å²) in [5.74, 6) is 0.654. The summed E-state index contributed by atoms with van der Waals surface area (Å²) in [6.07, 6.45) is 1.89. The number of hydrogen-bond donors (Lipinski definition) is 1. The fourth-order valence-electron chi connectivity index (χ4n) is 2.00. The summed E-state index contributed by atoms with van der Waals surface area (Å²) in [5.41, 5.74) is 0.881. The largest absolute Gasteiger partial charge is 0.352 e. The zero-order valence-corrected chi connectivity index (χ0v) is 13.7. The maximum absolute atomic E-state index is 4.49. The molecule has 0 radical (unpaired) electrons. The van der Waals surface area contributed by atoms with Crippen LogP contribution in [0.3, 0.4) is 0 Å². The minimum Gasteiger partial charge on any atom is -0.352 e. The lowest BCUT2D eigenvalue weighted by atomic mass is 9.91. The Balaban J connectivity index is 1.79. The first-order valence-corrected chi connectivity index (χ1v) is 8.02. The van der Waals surface area contributed by atoms with E-state index in [2.05, 4.69) is 62.7 Å². The number of rotatable bonds is 4. The van der Waals surface area contributed by atoms with Gasteiger partial charge in [-0.15, -0.1) is 16.4 Å². The maximum atomic E-state index is 4.49. The third kappa shape index (κ3) is 2.58. The Hall–Kier alpha value is -1.40. The second-order valence-electron chi connectivity index (χ2n) is 5.27. The van der Waals surface area contributed by atoms with E-state index in [-0.39, 0.29) is 5.41 Å². The number of halogens is 1. The van der Waals surface area contributed by atoms with Crippen LogP contribution in [0.25, 0.3) is 5.65 Å². The highest BCUT2D eigenvalue weighted by molar-refractivity contribution is 9.10. The van der Waals surface area contributed by atoms with E-state index in [0.29, 0.717) is 5.95 Å². The fourth-order valence-corrected chi connectivity index (χ4v) is 3.27. The smallest absolute Gasteiger partial charge is 0.243 e. The maximum Gasteiger partial charge on any atom is 0.243 e. The van der Waals surface area contributed by atoms with Gasteiger partial charge in [0.15, 0.2) is 5.65 Å². The fraction of sp³-hybridized carbons (Fsp3) is 0.286. The molecule has 0 unspecified atom stereocenters. The van der Waals surface area contributed by atoms with E-state index in [9.17, 15) is 0 Å². The summed E-state index contributed by atoms with van der Waals surface area (Å²) < 4.78 is 2.71. The molecule has 104 valence electrons. The number of nitrogens with zero attached hydrogens (tertiary/aromatic N) is 3. The van der Waals surface area contributed by atoms with Crippen LogP contribution in [0, 0.1) is 0 Å². The Morgan fingerprint density at radius 2 is 2.20 bits per heavy atom. The molecule has 0 amide bonds. The molecule has 0 aromatic carbocycles. The predicted octanol–water partition coefficient (Wildman–Crippen LogP) is 3.94. The molecule has 3 rings (SSSR count). The molecule has 0 aliphatic carbocycles. The van der Waals surface area contributed by atoms with Crippen LogP contribution < -0.4 is 5.32 Å². The highest BCUT2D eigenvalue weighted by Gasteiger charge is 2.22. The molecule has 0 spiro atoms. The van der Waals surface area contributed by atoms with Gasteiger partial charge in [0, 0.05) is 23.0 Å². The van der Waals surface area contributed by atoms with Gasteiger partial charge < -0.3 is 5.32 Å². The van der Waals surface area contributed by atoms with Gasteiger partial charge in [-0.1, -0.05) is 19.9 Å². The number of aromatic nitrogens is 3. The lowest BCUT2D eigenvalue weighted by Gasteiger charge is -2.23. The van der Waals surface area contributed by atoms with Crippen molar-refractivity contribution < 1.29 is 0 Å². The number of thiophene rings is 1. The number of fused-ring (bicyclic) bond motifs is 1. The SMILES string of the molecule is CC(C)(CNc1nc2c(Br)cccn2n1)c1cccs1. The normalized spacial score (nSPS) is 11.9. The second kappa shape index (κ2) is 5.18. The van der Waals surface area contributed by atoms with Gasteiger partial charge in [0.1, 0.15) is 0 Å². The standard InChI is InChI=1S/C14H15BrN4S/c1-14(2,11-6-4-8-20-11)9-16-13-17-12-10(15)5-3-7-19(12)18-13/h3-8H,9H2,1-2H3,(H,16,18). The first-order valence-electron chi connectivity index (χ1n) is 6.35. The van der Waals surface area contributed by atoms with Crippen LogP contribution in [-0.4, -0.2) is 21.1 Å². The molecule has 0 saturated carbocycles. The van der Waals surface area contributed by atoms with Gasteiger partial charge in [-0.05, 0) is 39.5 Å². The van der Waals surface area contributed by atoms with Gasteiger partial charge in [-0.25, -0.2) is 4.52 Å². The Morgan fingerprint density at radius 1 is 1.35 bits per heavy atom. The summed E-state index contributed by atoms with van der Waals surface area (Å²) in [4.78, 5) is 5.85. The van der Waals surface area contributed by atoms with Gasteiger partial charge in [-0.2, -0.15) is 4.98 Å². The van der Waals surface area contributed by atoms with Gasteiger partial charge in [0.2, 0.25) is 5.95 Å². The first kappa shape index (κ1) is 13.6. The Kier molecular flexibility index (Phi) is 3.52. The predicted molar refractivity (Wildman–Crippen MR) is 86.5 cm³/mol. The zero-order chi connectivity index (χ0) is 14.2. The van der Waals surface area contributed by atoms with Crippen LogP contribution in [-0.2, 0) is 5.41 Å². The zero-order valence-electron chi connectivity index (χ0n) is 11.3. The third-order valence-corrected chi connectivity index (χ3v) is 5.05. The van der Waals surface area contributed by atoms with E-state index in [4.69, 9.17) is 0 Å². The van der Waals surface area contributed by atoms with Gasteiger partial charge in [0.25, 0.3) is 0 Å². The van der Waals surface area contributed by atoms with Gasteiger partial charge in [-0.3, -0.25) is 0 Å². The molecule has 3 heterocycles. The summed E-state index contributed by atoms with van der Waals surface area (Å²) in [6.45, 7) is 5.23. The number of pyridine rings is 1. The van der Waals surface area contributed by atoms with E-state index < -0.39 is 0 Å². The Labute approximate surface area is 130 Å². The molecular weight excluding hydrogens is 336 g/mol. The summed E-state index contributed by atoms with van der Waals surface area (Å²) in [5, 5.41) is 9.87. The minimum absolute atomic E-state index is 0.0584. The minimum atomic E-state index is 0.0584. The van der Waals surface area contributed by atoms with Crippen LogP contribution >= 0.6 is 27.3 Å². The van der Waals surface area contributed by atoms with Crippen molar-refractivity contribution in [3.05, 3.63) is 45.2 Å². The topological polar surface area (TPSA) is 42.2 Å². The number of anilines is 1. The monoisotopic (exact) mass is 350 g/mol. The van der Waals surface area contributed by atoms with Crippen molar-refractivity contribution in [2.45, 2.75) is 19.3 Å². The highest BCUT2D eigenvalue weighted by atomic mass is 79.9. The third-order valence-electron chi connectivity index (χ3n) is 3.19. The number of hydrogen-bond acceptors (Lipinski definition) is 4. The Morgan fingerprint density at radius 3 is 2.90 bits per heavy atom. The van der Waals surface area contributed by atoms with Crippen molar-refractivity contribution in [1.82, 2.24) is 14.6 Å².